The highest BCUT2D eigenvalue weighted by molar-refractivity contribution is 5.82. The van der Waals surface area contributed by atoms with Crippen molar-refractivity contribution in [3.8, 4) is 0 Å². The molecule has 0 radical (unpaired) electrons. The molecule has 0 saturated carbocycles. The largest absolute Gasteiger partial charge is 0.381 e. The molecule has 19 nitrogen and oxygen atoms in total. The molecule has 4 aromatic heterocycles. The summed E-state index contributed by atoms with van der Waals surface area (Å²) in [6.45, 7) is 0. The van der Waals surface area contributed by atoms with Crippen molar-refractivity contribution in [2.45, 2.75) is 12.5 Å². The van der Waals surface area contributed by atoms with E-state index in [2.05, 4.69) is 24.6 Å². The van der Waals surface area contributed by atoms with Crippen LogP contribution in [0.15, 0.2) is 28.8 Å². The second-order valence-electron chi connectivity index (χ2n) is 6.31. The third-order valence-electron chi connectivity index (χ3n) is 4.09. The van der Waals surface area contributed by atoms with Gasteiger partial charge in [0.1, 0.15) is 11.3 Å². The standard InChI is InChI=1S/C14H10N8O11/c23-2(10(27)33-22-9(26)5-7(20-14(22)31)18-12(29)16-5)1-3(24)32-21-8(25)4-6(19-13(21)30)17-11(28)15-4/h2,23H,1H2,(H,19,30)(H,20,31)(H2,15,17,28)(H2,16,18,29). The molecule has 0 fully saturated rings. The van der Waals surface area contributed by atoms with Crippen LogP contribution in [-0.4, -0.2) is 62.5 Å². The van der Waals surface area contributed by atoms with Gasteiger partial charge in [0.05, 0.1) is 6.42 Å². The third-order valence-corrected chi connectivity index (χ3v) is 4.09. The fourth-order valence-electron chi connectivity index (χ4n) is 2.67. The first-order chi connectivity index (χ1) is 15.5. The van der Waals surface area contributed by atoms with Crippen LogP contribution in [0.1, 0.15) is 6.42 Å². The molecule has 0 aromatic carbocycles. The molecule has 0 aliphatic heterocycles. The normalized spacial score (nSPS) is 12.2. The number of carbonyl (C=O) groups is 2. The van der Waals surface area contributed by atoms with Gasteiger partial charge in [-0.2, -0.15) is 0 Å². The van der Waals surface area contributed by atoms with E-state index in [9.17, 15) is 43.5 Å². The van der Waals surface area contributed by atoms with Gasteiger partial charge in [-0.25, -0.2) is 28.8 Å². The second kappa shape index (κ2) is 7.49. The summed E-state index contributed by atoms with van der Waals surface area (Å²) in [6, 6.07) is 0. The van der Waals surface area contributed by atoms with Gasteiger partial charge in [0.15, 0.2) is 17.1 Å². The van der Waals surface area contributed by atoms with Crippen LogP contribution < -0.4 is 43.6 Å². The molecular weight excluding hydrogens is 456 g/mol. The zero-order valence-corrected chi connectivity index (χ0v) is 15.7. The third kappa shape index (κ3) is 3.69. The zero-order valence-electron chi connectivity index (χ0n) is 15.7. The fraction of sp³-hybridized carbons (Fsp3) is 0.143. The number of nitrogens with one attached hydrogen (secondary N) is 6. The molecule has 33 heavy (non-hydrogen) atoms. The fourth-order valence-corrected chi connectivity index (χ4v) is 2.67. The lowest BCUT2D eigenvalue weighted by Crippen LogP contribution is -2.46. The number of H-pyrrole nitrogens is 6. The number of hydrogen-bond acceptors (Lipinski definition) is 11. The van der Waals surface area contributed by atoms with E-state index in [1.807, 2.05) is 15.0 Å². The molecule has 172 valence electrons. The van der Waals surface area contributed by atoms with Crippen LogP contribution in [-0.2, 0) is 9.59 Å². The van der Waals surface area contributed by atoms with Crippen molar-refractivity contribution >= 4 is 34.3 Å². The van der Waals surface area contributed by atoms with E-state index in [4.69, 9.17) is 0 Å². The van der Waals surface area contributed by atoms with Gasteiger partial charge in [0.2, 0.25) is 0 Å². The minimum Gasteiger partial charge on any atom is -0.381 e. The zero-order chi connectivity index (χ0) is 24.0. The molecule has 4 rings (SSSR count). The number of fused-ring (bicyclic) bond motifs is 2. The Hall–Kier alpha value is -5.20. The average Bonchev–Trinajstić information content (AvgIpc) is 3.29. The van der Waals surface area contributed by atoms with Gasteiger partial charge in [-0.3, -0.25) is 39.5 Å². The summed E-state index contributed by atoms with van der Waals surface area (Å²) < 4.78 is -0.188. The molecule has 7 N–H and O–H groups in total. The number of hydrogen-bond donors (Lipinski definition) is 7. The highest BCUT2D eigenvalue weighted by Gasteiger charge is 2.26. The van der Waals surface area contributed by atoms with Gasteiger partial charge in [-0.1, -0.05) is 9.46 Å². The van der Waals surface area contributed by atoms with Gasteiger partial charge in [-0.15, -0.1) is 0 Å². The SMILES string of the molecule is O=C(CC(O)C(=O)On1c(=O)[nH]c2[nH]c(=O)[nH]c2c1=O)On1c(=O)[nH]c2[nH]c(=O)[nH]c2c1=O. The number of aromatic amines is 6. The Morgan fingerprint density at radius 1 is 0.727 bits per heavy atom. The van der Waals surface area contributed by atoms with E-state index >= 15 is 0 Å². The summed E-state index contributed by atoms with van der Waals surface area (Å²) in [5.41, 5.74) is -8.12. The first kappa shape index (κ1) is 21.0. The number of aromatic nitrogens is 8. The van der Waals surface area contributed by atoms with Crippen LogP contribution in [0.4, 0.5) is 0 Å². The number of aliphatic hydroxyl groups is 1. The van der Waals surface area contributed by atoms with E-state index in [-0.39, 0.29) is 20.8 Å². The maximum absolute atomic E-state index is 12.2. The van der Waals surface area contributed by atoms with E-state index in [0.717, 1.165) is 0 Å². The number of rotatable bonds is 5. The lowest BCUT2D eigenvalue weighted by molar-refractivity contribution is -0.161. The van der Waals surface area contributed by atoms with Gasteiger partial charge in [-0.05, 0) is 0 Å². The van der Waals surface area contributed by atoms with Crippen molar-refractivity contribution in [2.24, 2.45) is 0 Å². The summed E-state index contributed by atoms with van der Waals surface area (Å²) in [7, 11) is 0. The molecule has 4 aromatic rings. The first-order valence-corrected chi connectivity index (χ1v) is 8.61. The Bertz CT molecular complexity index is 1780. The van der Waals surface area contributed by atoms with Crippen molar-refractivity contribution in [3.63, 3.8) is 0 Å². The van der Waals surface area contributed by atoms with E-state index in [1.165, 1.54) is 0 Å². The summed E-state index contributed by atoms with van der Waals surface area (Å²) in [5.74, 6) is -3.14. The summed E-state index contributed by atoms with van der Waals surface area (Å²) in [6.07, 6.45) is -3.49. The van der Waals surface area contributed by atoms with Crippen LogP contribution in [0.2, 0.25) is 0 Å². The number of imidazole rings is 2. The van der Waals surface area contributed by atoms with Gasteiger partial charge in [0, 0.05) is 0 Å². The highest BCUT2D eigenvalue weighted by Crippen LogP contribution is 1.96. The average molecular weight is 466 g/mol. The predicted molar refractivity (Wildman–Crippen MR) is 101 cm³/mol. The first-order valence-electron chi connectivity index (χ1n) is 8.61. The minimum atomic E-state index is -2.31. The molecule has 0 bridgehead atoms. The van der Waals surface area contributed by atoms with E-state index < -0.39 is 69.4 Å². The van der Waals surface area contributed by atoms with Crippen LogP contribution in [0.3, 0.4) is 0 Å². The van der Waals surface area contributed by atoms with Crippen LogP contribution >= 0.6 is 0 Å². The monoisotopic (exact) mass is 466 g/mol. The molecule has 1 atom stereocenters. The Balaban J connectivity index is 1.52. The van der Waals surface area contributed by atoms with Gasteiger partial charge >= 0.3 is 45.8 Å². The Morgan fingerprint density at radius 3 is 1.67 bits per heavy atom. The van der Waals surface area contributed by atoms with Gasteiger partial charge in [0.25, 0.3) is 0 Å². The van der Waals surface area contributed by atoms with Crippen molar-refractivity contribution in [2.75, 3.05) is 0 Å². The topological polar surface area (TPSA) is 280 Å². The maximum atomic E-state index is 12.2. The smallest absolute Gasteiger partial charge is 0.364 e. The molecule has 0 saturated heterocycles. The molecule has 19 heteroatoms. The Labute approximate surface area is 174 Å². The molecule has 0 amide bonds. The second-order valence-corrected chi connectivity index (χ2v) is 6.31. The summed E-state index contributed by atoms with van der Waals surface area (Å²) in [5, 5.41) is 9.85. The van der Waals surface area contributed by atoms with Crippen LogP contribution in [0.5, 0.6) is 0 Å². The van der Waals surface area contributed by atoms with Crippen molar-refractivity contribution in [1.82, 2.24) is 39.4 Å². The van der Waals surface area contributed by atoms with Crippen molar-refractivity contribution < 1.29 is 24.4 Å². The number of carbonyl (C=O) groups excluding carboxylic acids is 2. The molecule has 0 aliphatic rings. The molecule has 1 unspecified atom stereocenters. The number of aliphatic hydroxyl groups excluding tert-OH is 1. The Morgan fingerprint density at radius 2 is 1.18 bits per heavy atom. The van der Waals surface area contributed by atoms with Crippen molar-refractivity contribution in [3.05, 3.63) is 62.6 Å². The van der Waals surface area contributed by atoms with Crippen LogP contribution in [0.25, 0.3) is 22.3 Å². The van der Waals surface area contributed by atoms with Gasteiger partial charge < -0.3 is 14.8 Å². The molecule has 4 heterocycles. The van der Waals surface area contributed by atoms with Crippen LogP contribution in [0, 0.1) is 0 Å². The lowest BCUT2D eigenvalue weighted by atomic mass is 10.2. The number of nitrogens with zero attached hydrogens (tertiary/aromatic N) is 2. The molecule has 0 spiro atoms. The summed E-state index contributed by atoms with van der Waals surface area (Å²) in [4.78, 5) is 116. The molecule has 0 aliphatic carbocycles. The summed E-state index contributed by atoms with van der Waals surface area (Å²) >= 11 is 0. The van der Waals surface area contributed by atoms with E-state index in [1.54, 1.807) is 0 Å². The quantitative estimate of drug-likeness (QED) is 0.145. The van der Waals surface area contributed by atoms with E-state index in [0.29, 0.717) is 0 Å². The lowest BCUT2D eigenvalue weighted by Gasteiger charge is -2.10. The highest BCUT2D eigenvalue weighted by atomic mass is 16.7. The van der Waals surface area contributed by atoms with Crippen molar-refractivity contribution in [1.29, 1.82) is 0 Å². The predicted octanol–water partition coefficient (Wildman–Crippen LogP) is -5.91. The minimum absolute atomic E-state index is 0.0715. The maximum Gasteiger partial charge on any atom is 0.364 e. The Kier molecular flexibility index (Phi) is 4.78. The molecular formula is C14H10N8O11.